The van der Waals surface area contributed by atoms with Crippen LogP contribution >= 0.6 is 11.3 Å². The standard InChI is InChI=1S/C20H22N2O2S/c1-4-24-20(23)19-14(2)16-7-5-6-8-17(16)21-18(19)12-22(3)11-15-9-10-25-13-15/h5-10,13H,4,11-12H2,1-3H3. The molecular formula is C20H22N2O2S. The van der Waals surface area contributed by atoms with E-state index in [1.54, 1.807) is 11.3 Å². The number of aromatic nitrogens is 1. The number of para-hydroxylation sites is 1. The molecule has 0 bridgehead atoms. The Morgan fingerprint density at radius 2 is 2.04 bits per heavy atom. The molecule has 5 heteroatoms. The van der Waals surface area contributed by atoms with Crippen LogP contribution in [0.3, 0.4) is 0 Å². The van der Waals surface area contributed by atoms with Gasteiger partial charge >= 0.3 is 5.97 Å². The second-order valence-corrected chi connectivity index (χ2v) is 6.88. The predicted molar refractivity (Wildman–Crippen MR) is 102 cm³/mol. The minimum absolute atomic E-state index is 0.294. The summed E-state index contributed by atoms with van der Waals surface area (Å²) in [7, 11) is 2.04. The average molecular weight is 354 g/mol. The highest BCUT2D eigenvalue weighted by molar-refractivity contribution is 7.07. The Hall–Kier alpha value is -2.24. The summed E-state index contributed by atoms with van der Waals surface area (Å²) in [5.74, 6) is -0.294. The lowest BCUT2D eigenvalue weighted by Crippen LogP contribution is -2.21. The summed E-state index contributed by atoms with van der Waals surface area (Å²) in [4.78, 5) is 19.5. The highest BCUT2D eigenvalue weighted by Gasteiger charge is 2.20. The van der Waals surface area contributed by atoms with Crippen LogP contribution in [0, 0.1) is 6.92 Å². The molecular weight excluding hydrogens is 332 g/mol. The first-order chi connectivity index (χ1) is 12.1. The molecule has 0 amide bonds. The van der Waals surface area contributed by atoms with Crippen LogP contribution < -0.4 is 0 Å². The highest BCUT2D eigenvalue weighted by Crippen LogP contribution is 2.25. The van der Waals surface area contributed by atoms with Crippen LogP contribution in [0.1, 0.15) is 34.1 Å². The highest BCUT2D eigenvalue weighted by atomic mass is 32.1. The molecule has 0 N–H and O–H groups in total. The zero-order valence-electron chi connectivity index (χ0n) is 14.8. The normalized spacial score (nSPS) is 11.2. The Morgan fingerprint density at radius 1 is 1.24 bits per heavy atom. The van der Waals surface area contributed by atoms with Gasteiger partial charge in [0.2, 0.25) is 0 Å². The summed E-state index contributed by atoms with van der Waals surface area (Å²) in [6.07, 6.45) is 0. The fourth-order valence-electron chi connectivity index (χ4n) is 3.04. The summed E-state index contributed by atoms with van der Waals surface area (Å²) in [5.41, 5.74) is 4.47. The van der Waals surface area contributed by atoms with E-state index in [1.165, 1.54) is 5.56 Å². The van der Waals surface area contributed by atoms with E-state index in [0.29, 0.717) is 18.7 Å². The van der Waals surface area contributed by atoms with Crippen LogP contribution in [0.15, 0.2) is 41.1 Å². The van der Waals surface area contributed by atoms with Gasteiger partial charge in [-0.25, -0.2) is 4.79 Å². The molecule has 0 aliphatic rings. The zero-order chi connectivity index (χ0) is 17.8. The maximum atomic E-state index is 12.5. The van der Waals surface area contributed by atoms with Crippen molar-refractivity contribution in [2.75, 3.05) is 13.7 Å². The lowest BCUT2D eigenvalue weighted by Gasteiger charge is -2.19. The maximum Gasteiger partial charge on any atom is 0.340 e. The lowest BCUT2D eigenvalue weighted by molar-refractivity contribution is 0.0522. The average Bonchev–Trinajstić information content (AvgIpc) is 3.08. The number of thiophene rings is 1. The van der Waals surface area contributed by atoms with Crippen molar-refractivity contribution in [1.29, 1.82) is 0 Å². The summed E-state index contributed by atoms with van der Waals surface area (Å²) >= 11 is 1.69. The van der Waals surface area contributed by atoms with Crippen molar-refractivity contribution in [3.63, 3.8) is 0 Å². The number of carbonyl (C=O) groups is 1. The second kappa shape index (κ2) is 7.76. The van der Waals surface area contributed by atoms with Gasteiger partial charge in [-0.2, -0.15) is 11.3 Å². The van der Waals surface area contributed by atoms with Crippen LogP contribution in [0.25, 0.3) is 10.9 Å². The van der Waals surface area contributed by atoms with Gasteiger partial charge in [-0.15, -0.1) is 0 Å². The first-order valence-corrected chi connectivity index (χ1v) is 9.29. The molecule has 1 aromatic carbocycles. The smallest absolute Gasteiger partial charge is 0.340 e. The lowest BCUT2D eigenvalue weighted by atomic mass is 10.0. The summed E-state index contributed by atoms with van der Waals surface area (Å²) in [6.45, 7) is 5.56. The molecule has 2 aromatic heterocycles. The summed E-state index contributed by atoms with van der Waals surface area (Å²) in [6, 6.07) is 10.0. The first-order valence-electron chi connectivity index (χ1n) is 8.35. The van der Waals surface area contributed by atoms with Gasteiger partial charge in [0, 0.05) is 18.5 Å². The van der Waals surface area contributed by atoms with Gasteiger partial charge in [-0.1, -0.05) is 18.2 Å². The van der Waals surface area contributed by atoms with Gasteiger partial charge in [0.25, 0.3) is 0 Å². The van der Waals surface area contributed by atoms with Gasteiger partial charge < -0.3 is 4.74 Å². The molecule has 0 aliphatic heterocycles. The number of pyridine rings is 1. The van der Waals surface area contributed by atoms with Crippen LogP contribution in [0.5, 0.6) is 0 Å². The van der Waals surface area contributed by atoms with E-state index in [9.17, 15) is 4.79 Å². The second-order valence-electron chi connectivity index (χ2n) is 6.10. The molecule has 3 rings (SSSR count). The van der Waals surface area contributed by atoms with Gasteiger partial charge in [0.05, 0.1) is 23.4 Å². The molecule has 25 heavy (non-hydrogen) atoms. The monoisotopic (exact) mass is 354 g/mol. The first kappa shape index (κ1) is 17.6. The van der Waals surface area contributed by atoms with Crippen molar-refractivity contribution in [2.24, 2.45) is 0 Å². The molecule has 4 nitrogen and oxygen atoms in total. The van der Waals surface area contributed by atoms with E-state index >= 15 is 0 Å². The number of fused-ring (bicyclic) bond motifs is 1. The minimum atomic E-state index is -0.294. The number of hydrogen-bond donors (Lipinski definition) is 0. The Bertz CT molecular complexity index is 875. The molecule has 0 spiro atoms. The third kappa shape index (κ3) is 3.89. The Morgan fingerprint density at radius 3 is 2.76 bits per heavy atom. The maximum absolute atomic E-state index is 12.5. The Labute approximate surface area is 152 Å². The Kier molecular flexibility index (Phi) is 5.46. The van der Waals surface area contributed by atoms with Crippen molar-refractivity contribution >= 4 is 28.2 Å². The van der Waals surface area contributed by atoms with Crippen molar-refractivity contribution in [2.45, 2.75) is 26.9 Å². The van der Waals surface area contributed by atoms with E-state index in [4.69, 9.17) is 9.72 Å². The van der Waals surface area contributed by atoms with E-state index in [1.807, 2.05) is 45.2 Å². The number of aryl methyl sites for hydroxylation is 1. The van der Waals surface area contributed by atoms with E-state index in [2.05, 4.69) is 21.7 Å². The van der Waals surface area contributed by atoms with E-state index in [-0.39, 0.29) is 5.97 Å². The Balaban J connectivity index is 1.99. The van der Waals surface area contributed by atoms with Crippen molar-refractivity contribution < 1.29 is 9.53 Å². The number of rotatable bonds is 6. The summed E-state index contributed by atoms with van der Waals surface area (Å²) < 4.78 is 5.29. The molecule has 2 heterocycles. The van der Waals surface area contributed by atoms with E-state index in [0.717, 1.165) is 28.7 Å². The topological polar surface area (TPSA) is 42.4 Å². The molecule has 130 valence electrons. The third-order valence-electron chi connectivity index (χ3n) is 4.16. The van der Waals surface area contributed by atoms with Crippen LogP contribution in [-0.2, 0) is 17.8 Å². The van der Waals surface area contributed by atoms with Crippen LogP contribution in [0.2, 0.25) is 0 Å². The molecule has 0 fully saturated rings. The van der Waals surface area contributed by atoms with Crippen molar-refractivity contribution in [3.05, 3.63) is 63.5 Å². The molecule has 0 radical (unpaired) electrons. The minimum Gasteiger partial charge on any atom is -0.462 e. The van der Waals surface area contributed by atoms with Gasteiger partial charge in [-0.3, -0.25) is 9.88 Å². The van der Waals surface area contributed by atoms with Gasteiger partial charge in [0.15, 0.2) is 0 Å². The quantitative estimate of drug-likeness (QED) is 0.615. The van der Waals surface area contributed by atoms with Gasteiger partial charge in [-0.05, 0) is 54.9 Å². The molecule has 3 aromatic rings. The van der Waals surface area contributed by atoms with Crippen molar-refractivity contribution in [3.8, 4) is 0 Å². The van der Waals surface area contributed by atoms with E-state index < -0.39 is 0 Å². The fraction of sp³-hybridized carbons (Fsp3) is 0.300. The number of carbonyl (C=O) groups excluding carboxylic acids is 1. The number of esters is 1. The van der Waals surface area contributed by atoms with Gasteiger partial charge in [0.1, 0.15) is 0 Å². The zero-order valence-corrected chi connectivity index (χ0v) is 15.6. The number of hydrogen-bond acceptors (Lipinski definition) is 5. The fourth-order valence-corrected chi connectivity index (χ4v) is 3.69. The largest absolute Gasteiger partial charge is 0.462 e. The SMILES string of the molecule is CCOC(=O)c1c(CN(C)Cc2ccsc2)nc2ccccc2c1C. The van der Waals surface area contributed by atoms with Crippen molar-refractivity contribution in [1.82, 2.24) is 9.88 Å². The number of benzene rings is 1. The molecule has 0 saturated carbocycles. The predicted octanol–water partition coefficient (Wildman–Crippen LogP) is 4.41. The van der Waals surface area contributed by atoms with Crippen LogP contribution in [-0.4, -0.2) is 29.5 Å². The molecule has 0 aliphatic carbocycles. The molecule has 0 atom stereocenters. The number of nitrogens with zero attached hydrogens (tertiary/aromatic N) is 2. The summed E-state index contributed by atoms with van der Waals surface area (Å²) in [5, 5.41) is 5.21. The van der Waals surface area contributed by atoms with Crippen LogP contribution in [0.4, 0.5) is 0 Å². The third-order valence-corrected chi connectivity index (χ3v) is 4.89. The number of ether oxygens (including phenoxy) is 1. The molecule has 0 unspecified atom stereocenters. The molecule has 0 saturated heterocycles.